The topological polar surface area (TPSA) is 32.3 Å². The summed E-state index contributed by atoms with van der Waals surface area (Å²) in [6.07, 6.45) is 13.4. The quantitative estimate of drug-likeness (QED) is 0.760. The molecule has 1 spiro atoms. The molecule has 144 valence electrons. The van der Waals surface area contributed by atoms with Crippen molar-refractivity contribution in [2.45, 2.75) is 88.6 Å². The largest absolute Gasteiger partial charge is 0.350 e. The first-order valence-electron chi connectivity index (χ1n) is 10.8. The van der Waals surface area contributed by atoms with Gasteiger partial charge >= 0.3 is 0 Å². The van der Waals surface area contributed by atoms with Crippen molar-refractivity contribution in [3.8, 4) is 0 Å². The summed E-state index contributed by atoms with van der Waals surface area (Å²) in [6, 6.07) is 9.94. The summed E-state index contributed by atoms with van der Waals surface area (Å²) < 4.78 is 0. The molecule has 0 bridgehead atoms. The number of piperidine rings is 1. The maximum Gasteiger partial charge on any atom is 0.217 e. The van der Waals surface area contributed by atoms with Crippen LogP contribution in [0.15, 0.2) is 24.3 Å². The molecule has 1 saturated heterocycles. The first-order valence-corrected chi connectivity index (χ1v) is 10.8. The van der Waals surface area contributed by atoms with Gasteiger partial charge in [-0.3, -0.25) is 4.79 Å². The first kappa shape index (κ1) is 18.0. The lowest BCUT2D eigenvalue weighted by molar-refractivity contribution is -0.119. The highest BCUT2D eigenvalue weighted by atomic mass is 16.1. The van der Waals surface area contributed by atoms with Gasteiger partial charge in [-0.15, -0.1) is 0 Å². The fourth-order valence-electron chi connectivity index (χ4n) is 5.85. The molecule has 1 amide bonds. The summed E-state index contributed by atoms with van der Waals surface area (Å²) >= 11 is 0. The summed E-state index contributed by atoms with van der Waals surface area (Å²) in [7, 11) is 0. The van der Waals surface area contributed by atoms with Gasteiger partial charge in [0.2, 0.25) is 5.91 Å². The van der Waals surface area contributed by atoms with E-state index in [2.05, 4.69) is 34.5 Å². The van der Waals surface area contributed by atoms with Crippen molar-refractivity contribution in [3.05, 3.63) is 35.4 Å². The van der Waals surface area contributed by atoms with Crippen molar-refractivity contribution in [1.29, 1.82) is 0 Å². The Morgan fingerprint density at radius 1 is 1.04 bits per heavy atom. The molecule has 26 heavy (non-hydrogen) atoms. The van der Waals surface area contributed by atoms with E-state index in [1.54, 1.807) is 6.92 Å². The fraction of sp³-hybridized carbons (Fsp3) is 0.696. The van der Waals surface area contributed by atoms with Crippen LogP contribution in [0.3, 0.4) is 0 Å². The number of carbonyl (C=O) groups is 1. The second kappa shape index (κ2) is 7.72. The highest BCUT2D eigenvalue weighted by Crippen LogP contribution is 2.48. The number of carbonyl (C=O) groups excluding carboxylic acids is 1. The molecule has 1 aromatic carbocycles. The zero-order valence-electron chi connectivity index (χ0n) is 16.3. The molecule has 1 aromatic rings. The Balaban J connectivity index is 0.00000210. The molecule has 1 atom stereocenters. The highest BCUT2D eigenvalue weighted by Gasteiger charge is 2.42. The number of fused-ring (bicyclic) bond motifs is 2. The molecule has 0 aromatic heterocycles. The summed E-state index contributed by atoms with van der Waals surface area (Å²) in [5, 5.41) is 3.18. The Morgan fingerprint density at radius 2 is 1.73 bits per heavy atom. The number of nitrogens with zero attached hydrogens (tertiary/aromatic N) is 1. The van der Waals surface area contributed by atoms with E-state index in [1.165, 1.54) is 82.0 Å². The van der Waals surface area contributed by atoms with Gasteiger partial charge in [0, 0.05) is 14.4 Å². The van der Waals surface area contributed by atoms with Crippen LogP contribution in [0.1, 0.15) is 89.7 Å². The van der Waals surface area contributed by atoms with Gasteiger partial charge in [-0.25, -0.2) is 0 Å². The number of amides is 1. The van der Waals surface area contributed by atoms with Crippen LogP contribution in [0.5, 0.6) is 0 Å². The SMILES string of the molecule is CC(=O)N[C@H]1CCC2(CCN(C3CCCCCC3)CC2)c2ccccc21.[HH]. The Kier molecular flexibility index (Phi) is 5.35. The molecule has 1 N–H and O–H groups in total. The van der Waals surface area contributed by atoms with E-state index < -0.39 is 0 Å². The smallest absolute Gasteiger partial charge is 0.217 e. The maximum atomic E-state index is 11.6. The third-order valence-corrected chi connectivity index (χ3v) is 7.29. The van der Waals surface area contributed by atoms with Crippen molar-refractivity contribution in [3.63, 3.8) is 0 Å². The molecule has 2 aliphatic carbocycles. The van der Waals surface area contributed by atoms with E-state index in [4.69, 9.17) is 0 Å². The van der Waals surface area contributed by atoms with Gasteiger partial charge in [0.15, 0.2) is 0 Å². The number of benzene rings is 1. The number of nitrogens with one attached hydrogen (secondary N) is 1. The summed E-state index contributed by atoms with van der Waals surface area (Å²) in [4.78, 5) is 14.4. The molecular weight excluding hydrogens is 320 g/mol. The van der Waals surface area contributed by atoms with Gasteiger partial charge in [0.05, 0.1) is 6.04 Å². The Hall–Kier alpha value is -1.35. The molecule has 3 aliphatic rings. The van der Waals surface area contributed by atoms with Crippen LogP contribution in [-0.4, -0.2) is 29.9 Å². The Bertz CT molecular complexity index is 631. The minimum atomic E-state index is 0. The number of likely N-dealkylation sites (tertiary alicyclic amines) is 1. The Labute approximate surface area is 160 Å². The predicted molar refractivity (Wildman–Crippen MR) is 108 cm³/mol. The maximum absolute atomic E-state index is 11.6. The van der Waals surface area contributed by atoms with Crippen molar-refractivity contribution >= 4 is 5.91 Å². The normalized spacial score (nSPS) is 26.9. The van der Waals surface area contributed by atoms with Crippen molar-refractivity contribution in [2.24, 2.45) is 0 Å². The first-order chi connectivity index (χ1) is 12.7. The average molecular weight is 357 g/mol. The highest BCUT2D eigenvalue weighted by molar-refractivity contribution is 5.73. The third kappa shape index (κ3) is 3.55. The second-order valence-corrected chi connectivity index (χ2v) is 8.84. The predicted octanol–water partition coefficient (Wildman–Crippen LogP) is 4.96. The molecule has 3 nitrogen and oxygen atoms in total. The van der Waals surface area contributed by atoms with E-state index >= 15 is 0 Å². The average Bonchev–Trinajstić information content (AvgIpc) is 2.94. The van der Waals surface area contributed by atoms with Crippen LogP contribution in [0.25, 0.3) is 0 Å². The summed E-state index contributed by atoms with van der Waals surface area (Å²) in [5.74, 6) is 0.0870. The minimum Gasteiger partial charge on any atom is -0.350 e. The monoisotopic (exact) mass is 356 g/mol. The summed E-state index contributed by atoms with van der Waals surface area (Å²) in [5.41, 5.74) is 3.23. The van der Waals surface area contributed by atoms with Gasteiger partial charge < -0.3 is 10.2 Å². The lowest BCUT2D eigenvalue weighted by Crippen LogP contribution is -2.49. The van der Waals surface area contributed by atoms with E-state index in [-0.39, 0.29) is 13.4 Å². The van der Waals surface area contributed by atoms with Gasteiger partial charge in [0.25, 0.3) is 0 Å². The molecule has 0 unspecified atom stereocenters. The molecule has 2 fully saturated rings. The van der Waals surface area contributed by atoms with Crippen LogP contribution < -0.4 is 5.32 Å². The second-order valence-electron chi connectivity index (χ2n) is 8.84. The van der Waals surface area contributed by atoms with Gasteiger partial charge in [-0.05, 0) is 68.2 Å². The van der Waals surface area contributed by atoms with Crippen LogP contribution in [-0.2, 0) is 10.2 Å². The zero-order chi connectivity index (χ0) is 18.0. The molecule has 0 radical (unpaired) electrons. The molecule has 1 heterocycles. The van der Waals surface area contributed by atoms with Crippen LogP contribution in [0.2, 0.25) is 0 Å². The van der Waals surface area contributed by atoms with Crippen molar-refractivity contribution in [2.75, 3.05) is 13.1 Å². The lowest BCUT2D eigenvalue weighted by Gasteiger charge is -2.48. The summed E-state index contributed by atoms with van der Waals surface area (Å²) in [6.45, 7) is 4.14. The zero-order valence-corrected chi connectivity index (χ0v) is 16.3. The van der Waals surface area contributed by atoms with Crippen molar-refractivity contribution < 1.29 is 6.22 Å². The standard InChI is InChI=1S/C23H34N2O.H2/c1-18(26)24-22-12-13-23(21-11-7-6-10-20(21)22)14-16-25(17-15-23)19-8-4-2-3-5-9-19;/h6-7,10-11,19,22H,2-5,8-9,12-17H2,1H3,(H,24,26);1H/t22-;/m0./s1. The number of rotatable bonds is 2. The van der Waals surface area contributed by atoms with E-state index in [0.29, 0.717) is 5.41 Å². The fourth-order valence-corrected chi connectivity index (χ4v) is 5.85. The molecule has 1 aliphatic heterocycles. The van der Waals surface area contributed by atoms with E-state index in [0.717, 1.165) is 12.5 Å². The van der Waals surface area contributed by atoms with Gasteiger partial charge in [-0.1, -0.05) is 49.9 Å². The molecular formula is C23H36N2O. The molecule has 3 heteroatoms. The number of hydrogen-bond acceptors (Lipinski definition) is 2. The van der Waals surface area contributed by atoms with Crippen LogP contribution >= 0.6 is 0 Å². The minimum absolute atomic E-state index is 0. The van der Waals surface area contributed by atoms with Crippen molar-refractivity contribution in [1.82, 2.24) is 10.2 Å². The third-order valence-electron chi connectivity index (χ3n) is 7.29. The molecule has 4 rings (SSSR count). The molecule has 1 saturated carbocycles. The van der Waals surface area contributed by atoms with Crippen LogP contribution in [0, 0.1) is 0 Å². The van der Waals surface area contributed by atoms with E-state index in [9.17, 15) is 4.79 Å². The van der Waals surface area contributed by atoms with Gasteiger partial charge in [0.1, 0.15) is 0 Å². The lowest BCUT2D eigenvalue weighted by atomic mass is 9.63. The Morgan fingerprint density at radius 3 is 2.42 bits per heavy atom. The van der Waals surface area contributed by atoms with Gasteiger partial charge in [-0.2, -0.15) is 0 Å². The van der Waals surface area contributed by atoms with E-state index in [1.807, 2.05) is 0 Å². The number of hydrogen-bond donors (Lipinski definition) is 1. The van der Waals surface area contributed by atoms with Crippen LogP contribution in [0.4, 0.5) is 0 Å².